The first-order valence-corrected chi connectivity index (χ1v) is 7.59. The van der Waals surface area contributed by atoms with Crippen LogP contribution in [0.1, 0.15) is 19.4 Å². The Balaban J connectivity index is 2.09. The Hall–Kier alpha value is -2.85. The quantitative estimate of drug-likeness (QED) is 0.478. The molecule has 1 heterocycles. The normalized spacial score (nSPS) is 12.0. The van der Waals surface area contributed by atoms with Crippen molar-refractivity contribution in [1.82, 2.24) is 9.78 Å². The lowest BCUT2D eigenvalue weighted by molar-refractivity contribution is -0.385. The van der Waals surface area contributed by atoms with Gasteiger partial charge in [-0.05, 0) is 32.0 Å². The fraction of sp³-hybridized carbons (Fsp3) is 0.353. The summed E-state index contributed by atoms with van der Waals surface area (Å²) in [5, 5.41) is 24.9. The van der Waals surface area contributed by atoms with Crippen LogP contribution >= 0.6 is 0 Å². The average Bonchev–Trinajstić information content (AvgIpc) is 3.01. The van der Waals surface area contributed by atoms with Gasteiger partial charge in [-0.25, -0.2) is 0 Å². The summed E-state index contributed by atoms with van der Waals surface area (Å²) in [4.78, 5) is 12.2. The van der Waals surface area contributed by atoms with Gasteiger partial charge in [-0.2, -0.15) is 5.10 Å². The molecule has 2 rings (SSSR count). The molecule has 1 aromatic heterocycles. The van der Waals surface area contributed by atoms with E-state index in [2.05, 4.69) is 11.0 Å². The van der Waals surface area contributed by atoms with E-state index in [1.54, 1.807) is 0 Å². The van der Waals surface area contributed by atoms with Gasteiger partial charge in [0, 0.05) is 23.8 Å². The molecule has 7 nitrogen and oxygen atoms in total. The van der Waals surface area contributed by atoms with Gasteiger partial charge in [0.2, 0.25) is 0 Å². The summed E-state index contributed by atoms with van der Waals surface area (Å²) in [7, 11) is 0. The number of aliphatic hydroxyl groups is 1. The van der Waals surface area contributed by atoms with Crippen LogP contribution in [0.5, 0.6) is 0 Å². The molecule has 0 aliphatic heterocycles. The van der Waals surface area contributed by atoms with Gasteiger partial charge < -0.3 is 10.0 Å². The van der Waals surface area contributed by atoms with Crippen molar-refractivity contribution < 1.29 is 10.0 Å². The van der Waals surface area contributed by atoms with Crippen LogP contribution in [0.15, 0.2) is 36.7 Å². The van der Waals surface area contributed by atoms with Gasteiger partial charge in [-0.1, -0.05) is 12.0 Å². The zero-order valence-electron chi connectivity index (χ0n) is 13.7. The molecule has 7 heteroatoms. The van der Waals surface area contributed by atoms with E-state index in [0.29, 0.717) is 6.54 Å². The number of rotatable bonds is 7. The molecular weight excluding hydrogens is 308 g/mol. The molecule has 0 bridgehead atoms. The van der Waals surface area contributed by atoms with E-state index < -0.39 is 11.0 Å². The van der Waals surface area contributed by atoms with Crippen LogP contribution in [0.3, 0.4) is 0 Å². The predicted octanol–water partition coefficient (Wildman–Crippen LogP) is 2.05. The number of aliphatic hydroxyl groups excluding tert-OH is 1. The number of nitro groups is 1. The summed E-state index contributed by atoms with van der Waals surface area (Å²) >= 11 is 0. The third kappa shape index (κ3) is 4.33. The Bertz CT molecular complexity index is 748. The van der Waals surface area contributed by atoms with Crippen molar-refractivity contribution in [3.63, 3.8) is 0 Å². The van der Waals surface area contributed by atoms with E-state index in [9.17, 15) is 15.2 Å². The standard InChI is InChI=1S/C17H20N4O3/c1-4-14-6-5-7-15(8-14)20(13(2)3)12-17(22)11-19-10-16(9-18-19)21(23)24/h1,5-10,13,17,22H,11-12H2,2-3H3. The van der Waals surface area contributed by atoms with Gasteiger partial charge >= 0.3 is 5.69 Å². The molecule has 0 radical (unpaired) electrons. The Morgan fingerprint density at radius 2 is 2.25 bits per heavy atom. The lowest BCUT2D eigenvalue weighted by Crippen LogP contribution is -2.39. The zero-order chi connectivity index (χ0) is 17.7. The maximum atomic E-state index is 10.7. The Labute approximate surface area is 140 Å². The number of benzene rings is 1. The minimum absolute atomic E-state index is 0.0929. The number of terminal acetylenes is 1. The molecule has 1 atom stereocenters. The Morgan fingerprint density at radius 3 is 2.83 bits per heavy atom. The number of nitrogens with zero attached hydrogens (tertiary/aromatic N) is 4. The molecule has 0 saturated carbocycles. The van der Waals surface area contributed by atoms with Crippen molar-refractivity contribution >= 4 is 11.4 Å². The van der Waals surface area contributed by atoms with Crippen LogP contribution < -0.4 is 4.90 Å². The molecule has 126 valence electrons. The van der Waals surface area contributed by atoms with Crippen molar-refractivity contribution in [2.45, 2.75) is 32.5 Å². The molecule has 2 aromatic rings. The summed E-state index contributed by atoms with van der Waals surface area (Å²) in [6, 6.07) is 7.71. The van der Waals surface area contributed by atoms with Crippen LogP contribution in [0.4, 0.5) is 11.4 Å². The third-order valence-electron chi connectivity index (χ3n) is 3.60. The second-order valence-electron chi connectivity index (χ2n) is 5.77. The second kappa shape index (κ2) is 7.62. The van der Waals surface area contributed by atoms with Crippen molar-refractivity contribution in [1.29, 1.82) is 0 Å². The van der Waals surface area contributed by atoms with Crippen LogP contribution in [-0.2, 0) is 6.54 Å². The van der Waals surface area contributed by atoms with Crippen molar-refractivity contribution in [2.75, 3.05) is 11.4 Å². The molecule has 1 N–H and O–H groups in total. The summed E-state index contributed by atoms with van der Waals surface area (Å²) in [5.41, 5.74) is 1.60. The molecule has 1 aromatic carbocycles. The molecule has 0 saturated heterocycles. The van der Waals surface area contributed by atoms with Gasteiger partial charge in [-0.3, -0.25) is 14.8 Å². The van der Waals surface area contributed by atoms with Gasteiger partial charge in [0.25, 0.3) is 0 Å². The number of hydrogen-bond donors (Lipinski definition) is 1. The SMILES string of the molecule is C#Cc1cccc(N(CC(O)Cn2cc([N+](=O)[O-])cn2)C(C)C)c1. The minimum atomic E-state index is -0.735. The monoisotopic (exact) mass is 328 g/mol. The molecule has 0 fully saturated rings. The summed E-state index contributed by atoms with van der Waals surface area (Å²) < 4.78 is 1.37. The van der Waals surface area contributed by atoms with E-state index in [4.69, 9.17) is 6.42 Å². The maximum absolute atomic E-state index is 10.7. The smallest absolute Gasteiger partial charge is 0.306 e. The van der Waals surface area contributed by atoms with Crippen LogP contribution in [0.25, 0.3) is 0 Å². The molecule has 1 unspecified atom stereocenters. The van der Waals surface area contributed by atoms with E-state index in [0.717, 1.165) is 11.3 Å². The van der Waals surface area contributed by atoms with Crippen molar-refractivity contribution in [2.24, 2.45) is 0 Å². The third-order valence-corrected chi connectivity index (χ3v) is 3.60. The highest BCUT2D eigenvalue weighted by atomic mass is 16.6. The second-order valence-corrected chi connectivity index (χ2v) is 5.77. The lowest BCUT2D eigenvalue weighted by Gasteiger charge is -2.31. The number of anilines is 1. The molecule has 0 aliphatic rings. The summed E-state index contributed by atoms with van der Waals surface area (Å²) in [6.45, 7) is 4.58. The molecule has 24 heavy (non-hydrogen) atoms. The van der Waals surface area contributed by atoms with Crippen LogP contribution in [0, 0.1) is 22.5 Å². The largest absolute Gasteiger partial charge is 0.389 e. The fourth-order valence-electron chi connectivity index (χ4n) is 2.44. The molecule has 0 spiro atoms. The molecule has 0 aliphatic carbocycles. The van der Waals surface area contributed by atoms with Gasteiger partial charge in [0.15, 0.2) is 0 Å². The van der Waals surface area contributed by atoms with Gasteiger partial charge in [0.05, 0.1) is 17.6 Å². The highest BCUT2D eigenvalue weighted by Gasteiger charge is 2.18. The van der Waals surface area contributed by atoms with Crippen molar-refractivity contribution in [3.8, 4) is 12.3 Å². The first-order valence-electron chi connectivity index (χ1n) is 7.59. The summed E-state index contributed by atoms with van der Waals surface area (Å²) in [6.07, 6.45) is 7.18. The lowest BCUT2D eigenvalue weighted by atomic mass is 10.1. The fourth-order valence-corrected chi connectivity index (χ4v) is 2.44. The Kier molecular flexibility index (Phi) is 5.55. The van der Waals surface area contributed by atoms with Gasteiger partial charge in [-0.15, -0.1) is 6.42 Å². The highest BCUT2D eigenvalue weighted by Crippen LogP contribution is 2.19. The van der Waals surface area contributed by atoms with E-state index >= 15 is 0 Å². The summed E-state index contributed by atoms with van der Waals surface area (Å²) in [5.74, 6) is 2.60. The van der Waals surface area contributed by atoms with Crippen LogP contribution in [0.2, 0.25) is 0 Å². The Morgan fingerprint density at radius 1 is 1.50 bits per heavy atom. The first kappa shape index (κ1) is 17.5. The zero-order valence-corrected chi connectivity index (χ0v) is 13.7. The van der Waals surface area contributed by atoms with Crippen LogP contribution in [-0.4, -0.2) is 38.5 Å². The molecule has 0 amide bonds. The molecular formula is C17H20N4O3. The minimum Gasteiger partial charge on any atom is -0.389 e. The topological polar surface area (TPSA) is 84.4 Å². The van der Waals surface area contributed by atoms with Crippen molar-refractivity contribution in [3.05, 3.63) is 52.3 Å². The first-order chi connectivity index (χ1) is 11.4. The number of aromatic nitrogens is 2. The highest BCUT2D eigenvalue weighted by molar-refractivity contribution is 5.52. The average molecular weight is 328 g/mol. The van der Waals surface area contributed by atoms with E-state index in [1.165, 1.54) is 17.1 Å². The number of hydrogen-bond acceptors (Lipinski definition) is 5. The maximum Gasteiger partial charge on any atom is 0.306 e. The predicted molar refractivity (Wildman–Crippen MR) is 91.7 cm³/mol. The van der Waals surface area contributed by atoms with E-state index in [1.807, 2.05) is 43.0 Å². The van der Waals surface area contributed by atoms with Gasteiger partial charge in [0.1, 0.15) is 12.4 Å². The van der Waals surface area contributed by atoms with E-state index in [-0.39, 0.29) is 18.3 Å².